The fourth-order valence-corrected chi connectivity index (χ4v) is 2.22. The summed E-state index contributed by atoms with van der Waals surface area (Å²) in [4.78, 5) is 0. The molecule has 0 bridgehead atoms. The smallest absolute Gasteiger partial charge is 0.0162 e. The maximum atomic E-state index is 6.02. The molecule has 2 N–H and O–H groups in total. The molecule has 2 aliphatic rings. The largest absolute Gasteiger partial charge is 0.325 e. The zero-order valence-electron chi connectivity index (χ0n) is 6.11. The quantitative estimate of drug-likeness (QED) is 0.566. The zero-order valence-corrected chi connectivity index (χ0v) is 6.11. The van der Waals surface area contributed by atoms with Crippen LogP contribution in [-0.2, 0) is 0 Å². The van der Waals surface area contributed by atoms with Crippen LogP contribution in [0.4, 0.5) is 0 Å². The molecule has 1 spiro atoms. The van der Waals surface area contributed by atoms with Gasteiger partial charge in [0.25, 0.3) is 0 Å². The van der Waals surface area contributed by atoms with Crippen molar-refractivity contribution in [2.45, 2.75) is 44.6 Å². The molecule has 2 fully saturated rings. The van der Waals surface area contributed by atoms with E-state index in [0.29, 0.717) is 0 Å². The van der Waals surface area contributed by atoms with Crippen LogP contribution in [0.2, 0.25) is 0 Å². The minimum absolute atomic E-state index is 0.260. The molecule has 0 heterocycles. The van der Waals surface area contributed by atoms with Crippen molar-refractivity contribution in [1.82, 2.24) is 0 Å². The first-order valence-corrected chi connectivity index (χ1v) is 3.97. The Morgan fingerprint density at radius 2 is 1.89 bits per heavy atom. The molecule has 0 aromatic rings. The summed E-state index contributed by atoms with van der Waals surface area (Å²) in [7, 11) is 0. The van der Waals surface area contributed by atoms with Crippen molar-refractivity contribution in [2.75, 3.05) is 0 Å². The molecule has 0 saturated heterocycles. The average molecular weight is 125 g/mol. The van der Waals surface area contributed by atoms with E-state index in [1.165, 1.54) is 32.1 Å². The van der Waals surface area contributed by atoms with E-state index >= 15 is 0 Å². The van der Waals surface area contributed by atoms with Crippen molar-refractivity contribution in [3.8, 4) is 0 Å². The predicted octanol–water partition coefficient (Wildman–Crippen LogP) is 1.67. The van der Waals surface area contributed by atoms with Crippen molar-refractivity contribution in [3.05, 3.63) is 0 Å². The number of hydrogen-bond donors (Lipinski definition) is 1. The maximum absolute atomic E-state index is 6.02. The Labute approximate surface area is 56.6 Å². The van der Waals surface area contributed by atoms with Crippen LogP contribution in [0.1, 0.15) is 39.0 Å². The van der Waals surface area contributed by atoms with Gasteiger partial charge in [-0.25, -0.2) is 0 Å². The number of nitrogens with two attached hydrogens (primary N) is 1. The molecule has 0 unspecified atom stereocenters. The second kappa shape index (κ2) is 1.34. The molecule has 2 saturated carbocycles. The Morgan fingerprint density at radius 3 is 2.22 bits per heavy atom. The lowest BCUT2D eigenvalue weighted by Crippen LogP contribution is -2.52. The maximum Gasteiger partial charge on any atom is 0.0162 e. The first kappa shape index (κ1) is 5.72. The first-order chi connectivity index (χ1) is 4.18. The minimum Gasteiger partial charge on any atom is -0.325 e. The van der Waals surface area contributed by atoms with Crippen LogP contribution in [-0.4, -0.2) is 5.54 Å². The topological polar surface area (TPSA) is 26.0 Å². The molecular formula is C8H15N. The van der Waals surface area contributed by atoms with Gasteiger partial charge in [-0.3, -0.25) is 0 Å². The van der Waals surface area contributed by atoms with Gasteiger partial charge in [0.2, 0.25) is 0 Å². The predicted molar refractivity (Wildman–Crippen MR) is 38.1 cm³/mol. The third-order valence-electron chi connectivity index (χ3n) is 3.12. The molecule has 0 atom stereocenters. The van der Waals surface area contributed by atoms with Gasteiger partial charge in [-0.05, 0) is 37.5 Å². The summed E-state index contributed by atoms with van der Waals surface area (Å²) in [5.41, 5.74) is 7.06. The fourth-order valence-electron chi connectivity index (χ4n) is 2.22. The zero-order chi connectivity index (χ0) is 6.54. The van der Waals surface area contributed by atoms with E-state index in [-0.39, 0.29) is 5.54 Å². The van der Waals surface area contributed by atoms with Crippen molar-refractivity contribution < 1.29 is 0 Å². The lowest BCUT2D eigenvalue weighted by Gasteiger charge is -2.45. The number of hydrogen-bond acceptors (Lipinski definition) is 1. The Bertz CT molecular complexity index is 128. The fraction of sp³-hybridized carbons (Fsp3) is 1.00. The van der Waals surface area contributed by atoms with Crippen LogP contribution in [0.3, 0.4) is 0 Å². The average Bonchev–Trinajstić information content (AvgIpc) is 2.46. The van der Waals surface area contributed by atoms with Gasteiger partial charge in [0.1, 0.15) is 0 Å². The van der Waals surface area contributed by atoms with Gasteiger partial charge in [0.05, 0.1) is 0 Å². The highest BCUT2D eigenvalue weighted by atomic mass is 14.8. The van der Waals surface area contributed by atoms with Gasteiger partial charge in [0, 0.05) is 5.54 Å². The van der Waals surface area contributed by atoms with Gasteiger partial charge < -0.3 is 5.73 Å². The Hall–Kier alpha value is -0.0400. The van der Waals surface area contributed by atoms with Gasteiger partial charge in [-0.2, -0.15) is 0 Å². The number of rotatable bonds is 1. The Kier molecular flexibility index (Phi) is 0.852. The molecule has 2 aliphatic carbocycles. The molecule has 0 aromatic carbocycles. The van der Waals surface area contributed by atoms with Crippen molar-refractivity contribution in [1.29, 1.82) is 0 Å². The van der Waals surface area contributed by atoms with Crippen LogP contribution in [0, 0.1) is 5.41 Å². The van der Waals surface area contributed by atoms with E-state index in [4.69, 9.17) is 5.73 Å². The highest BCUT2D eigenvalue weighted by Gasteiger charge is 2.58. The molecule has 0 aliphatic heterocycles. The summed E-state index contributed by atoms with van der Waals surface area (Å²) in [6.07, 6.45) is 6.74. The van der Waals surface area contributed by atoms with Crippen LogP contribution in [0.5, 0.6) is 0 Å². The summed E-state index contributed by atoms with van der Waals surface area (Å²) in [6, 6.07) is 0. The monoisotopic (exact) mass is 125 g/mol. The lowest BCUT2D eigenvalue weighted by atomic mass is 9.65. The molecule has 0 amide bonds. The first-order valence-electron chi connectivity index (χ1n) is 3.97. The normalized spacial score (nSPS) is 34.0. The summed E-state index contributed by atoms with van der Waals surface area (Å²) in [5.74, 6) is 0. The van der Waals surface area contributed by atoms with E-state index in [1.54, 1.807) is 0 Å². The van der Waals surface area contributed by atoms with Gasteiger partial charge in [-0.15, -0.1) is 0 Å². The minimum atomic E-state index is 0.260. The van der Waals surface area contributed by atoms with E-state index in [9.17, 15) is 0 Å². The molecule has 1 heteroatoms. The molecule has 1 nitrogen and oxygen atoms in total. The Balaban J connectivity index is 1.95. The van der Waals surface area contributed by atoms with Crippen LogP contribution >= 0.6 is 0 Å². The van der Waals surface area contributed by atoms with E-state index in [2.05, 4.69) is 6.92 Å². The third-order valence-corrected chi connectivity index (χ3v) is 3.12. The highest BCUT2D eigenvalue weighted by Crippen LogP contribution is 2.64. The standard InChI is InChI=1S/C8H15N/c1-2-8(9)5-7(6-8)3-4-7/h2-6,9H2,1H3. The Morgan fingerprint density at radius 1 is 1.33 bits per heavy atom. The van der Waals surface area contributed by atoms with Crippen molar-refractivity contribution in [3.63, 3.8) is 0 Å². The summed E-state index contributed by atoms with van der Waals surface area (Å²) in [5, 5.41) is 0. The van der Waals surface area contributed by atoms with Crippen molar-refractivity contribution >= 4 is 0 Å². The van der Waals surface area contributed by atoms with Crippen LogP contribution in [0.25, 0.3) is 0 Å². The molecule has 0 aromatic heterocycles. The summed E-state index contributed by atoms with van der Waals surface area (Å²) < 4.78 is 0. The van der Waals surface area contributed by atoms with E-state index in [0.717, 1.165) is 5.41 Å². The van der Waals surface area contributed by atoms with Gasteiger partial charge in [0.15, 0.2) is 0 Å². The van der Waals surface area contributed by atoms with Crippen LogP contribution in [0.15, 0.2) is 0 Å². The summed E-state index contributed by atoms with van der Waals surface area (Å²) >= 11 is 0. The van der Waals surface area contributed by atoms with E-state index in [1.807, 2.05) is 0 Å². The van der Waals surface area contributed by atoms with Crippen molar-refractivity contribution in [2.24, 2.45) is 11.1 Å². The molecule has 9 heavy (non-hydrogen) atoms. The third kappa shape index (κ3) is 0.710. The highest BCUT2D eigenvalue weighted by molar-refractivity contribution is 5.13. The lowest BCUT2D eigenvalue weighted by molar-refractivity contribution is 0.121. The molecule has 0 radical (unpaired) electrons. The molecule has 2 rings (SSSR count). The SMILES string of the molecule is CCC1(N)CC2(CC2)C1. The van der Waals surface area contributed by atoms with Crippen LogP contribution < -0.4 is 5.73 Å². The summed E-state index contributed by atoms with van der Waals surface area (Å²) in [6.45, 7) is 2.20. The molecule has 52 valence electrons. The second-order valence-corrected chi connectivity index (χ2v) is 4.07. The second-order valence-electron chi connectivity index (χ2n) is 4.07. The van der Waals surface area contributed by atoms with Gasteiger partial charge in [-0.1, -0.05) is 6.92 Å². The van der Waals surface area contributed by atoms with E-state index < -0.39 is 0 Å². The molecular weight excluding hydrogens is 110 g/mol. The van der Waals surface area contributed by atoms with Gasteiger partial charge >= 0.3 is 0 Å².